The summed E-state index contributed by atoms with van der Waals surface area (Å²) in [7, 11) is 1.67. The Morgan fingerprint density at radius 1 is 1.00 bits per heavy atom. The summed E-state index contributed by atoms with van der Waals surface area (Å²) in [5, 5.41) is 5.95. The Balaban J connectivity index is 1.43. The number of benzene rings is 2. The van der Waals surface area contributed by atoms with Crippen LogP contribution in [0.25, 0.3) is 0 Å². The van der Waals surface area contributed by atoms with E-state index in [0.29, 0.717) is 31.6 Å². The maximum absolute atomic E-state index is 13.3. The van der Waals surface area contributed by atoms with Crippen molar-refractivity contribution >= 4 is 23.2 Å². The fourth-order valence-electron chi connectivity index (χ4n) is 4.35. The Kier molecular flexibility index (Phi) is 7.08. The van der Waals surface area contributed by atoms with Crippen molar-refractivity contribution in [1.82, 2.24) is 9.80 Å². The molecule has 0 bridgehead atoms. The van der Waals surface area contributed by atoms with Crippen LogP contribution in [-0.4, -0.2) is 60.6 Å². The lowest BCUT2D eigenvalue weighted by Crippen LogP contribution is -2.43. The van der Waals surface area contributed by atoms with Crippen molar-refractivity contribution in [3.8, 4) is 5.75 Å². The Labute approximate surface area is 195 Å². The summed E-state index contributed by atoms with van der Waals surface area (Å²) in [6.07, 6.45) is 1.61. The third kappa shape index (κ3) is 5.42. The molecule has 2 amide bonds. The molecular formula is C26H32N4O3. The lowest BCUT2D eigenvalue weighted by atomic mass is 10.1. The molecule has 0 unspecified atom stereocenters. The molecule has 2 aliphatic heterocycles. The highest BCUT2D eigenvalue weighted by Gasteiger charge is 2.30. The number of carbonyl (C=O) groups excluding carboxylic acids is 2. The zero-order valence-electron chi connectivity index (χ0n) is 19.7. The molecule has 1 fully saturated rings. The number of hydrogen-bond donors (Lipinski definition) is 0. The molecular weight excluding hydrogens is 416 g/mol. The SMILES string of the molecule is COc1ccc(CN2CCCN(C(=O)C3=NN(c4cc(C)ccc4C)C(=O)CC3)CC2)cc1. The summed E-state index contributed by atoms with van der Waals surface area (Å²) >= 11 is 0. The van der Waals surface area contributed by atoms with Crippen molar-refractivity contribution in [2.75, 3.05) is 38.3 Å². The van der Waals surface area contributed by atoms with E-state index in [-0.39, 0.29) is 11.8 Å². The van der Waals surface area contributed by atoms with Gasteiger partial charge in [-0.2, -0.15) is 5.10 Å². The molecule has 0 N–H and O–H groups in total. The van der Waals surface area contributed by atoms with Crippen LogP contribution in [0.5, 0.6) is 5.75 Å². The molecule has 1 saturated heterocycles. The van der Waals surface area contributed by atoms with E-state index < -0.39 is 0 Å². The first-order valence-electron chi connectivity index (χ1n) is 11.6. The minimum absolute atomic E-state index is 0.0518. The molecule has 0 aromatic heterocycles. The van der Waals surface area contributed by atoms with Crippen LogP contribution < -0.4 is 9.75 Å². The van der Waals surface area contributed by atoms with E-state index in [1.165, 1.54) is 10.6 Å². The van der Waals surface area contributed by atoms with Gasteiger partial charge >= 0.3 is 0 Å². The van der Waals surface area contributed by atoms with Crippen LogP contribution in [0.4, 0.5) is 5.69 Å². The number of hydrazone groups is 1. The molecule has 174 valence electrons. The van der Waals surface area contributed by atoms with Crippen molar-refractivity contribution in [1.29, 1.82) is 0 Å². The van der Waals surface area contributed by atoms with Gasteiger partial charge in [-0.15, -0.1) is 0 Å². The standard InChI is InChI=1S/C26H32N4O3/c1-19-5-6-20(2)24(17-19)30-25(31)12-11-23(27-30)26(32)29-14-4-13-28(15-16-29)18-21-7-9-22(33-3)10-8-21/h5-10,17H,4,11-16,18H2,1-3H3. The monoisotopic (exact) mass is 448 g/mol. The highest BCUT2D eigenvalue weighted by molar-refractivity contribution is 6.40. The predicted molar refractivity (Wildman–Crippen MR) is 130 cm³/mol. The first kappa shape index (κ1) is 23.0. The third-order valence-corrected chi connectivity index (χ3v) is 6.31. The van der Waals surface area contributed by atoms with Gasteiger partial charge in [0.1, 0.15) is 11.5 Å². The van der Waals surface area contributed by atoms with Gasteiger partial charge in [-0.05, 0) is 55.2 Å². The average Bonchev–Trinajstić information content (AvgIpc) is 3.07. The molecule has 0 saturated carbocycles. The van der Waals surface area contributed by atoms with Gasteiger partial charge < -0.3 is 9.64 Å². The smallest absolute Gasteiger partial charge is 0.270 e. The molecule has 2 aromatic carbocycles. The number of ether oxygens (including phenoxy) is 1. The molecule has 0 atom stereocenters. The van der Waals surface area contributed by atoms with Crippen LogP contribution in [0.3, 0.4) is 0 Å². The largest absolute Gasteiger partial charge is 0.497 e. The normalized spacial score (nSPS) is 17.5. The summed E-state index contributed by atoms with van der Waals surface area (Å²) in [6.45, 7) is 7.91. The predicted octanol–water partition coefficient (Wildman–Crippen LogP) is 3.53. The van der Waals surface area contributed by atoms with E-state index >= 15 is 0 Å². The van der Waals surface area contributed by atoms with Gasteiger partial charge in [-0.1, -0.05) is 24.3 Å². The fraction of sp³-hybridized carbons (Fsp3) is 0.423. The van der Waals surface area contributed by atoms with Gasteiger partial charge in [0, 0.05) is 45.6 Å². The maximum Gasteiger partial charge on any atom is 0.270 e. The zero-order chi connectivity index (χ0) is 23.4. The molecule has 0 radical (unpaired) electrons. The first-order chi connectivity index (χ1) is 15.9. The molecule has 4 rings (SSSR count). The van der Waals surface area contributed by atoms with E-state index in [1.807, 2.05) is 49.1 Å². The van der Waals surface area contributed by atoms with Crippen molar-refractivity contribution in [3.05, 3.63) is 59.2 Å². The molecule has 0 spiro atoms. The van der Waals surface area contributed by atoms with Crippen LogP contribution in [0.1, 0.15) is 36.0 Å². The number of anilines is 1. The van der Waals surface area contributed by atoms with Crippen LogP contribution in [-0.2, 0) is 16.1 Å². The lowest BCUT2D eigenvalue weighted by Gasteiger charge is -2.27. The van der Waals surface area contributed by atoms with Crippen molar-refractivity contribution < 1.29 is 14.3 Å². The first-order valence-corrected chi connectivity index (χ1v) is 11.6. The number of nitrogens with zero attached hydrogens (tertiary/aromatic N) is 4. The number of carbonyl (C=O) groups is 2. The van der Waals surface area contributed by atoms with Gasteiger partial charge in [0.25, 0.3) is 5.91 Å². The number of rotatable bonds is 5. The minimum Gasteiger partial charge on any atom is -0.497 e. The third-order valence-electron chi connectivity index (χ3n) is 6.31. The number of methoxy groups -OCH3 is 1. The van der Waals surface area contributed by atoms with E-state index in [2.05, 4.69) is 22.1 Å². The van der Waals surface area contributed by atoms with Crippen molar-refractivity contribution in [2.45, 2.75) is 39.7 Å². The van der Waals surface area contributed by atoms with E-state index in [0.717, 1.165) is 48.6 Å². The molecule has 33 heavy (non-hydrogen) atoms. The number of amides is 2. The summed E-state index contributed by atoms with van der Waals surface area (Å²) < 4.78 is 5.24. The topological polar surface area (TPSA) is 65.5 Å². The number of hydrogen-bond acceptors (Lipinski definition) is 5. The van der Waals surface area contributed by atoms with Crippen molar-refractivity contribution in [2.24, 2.45) is 5.10 Å². The average molecular weight is 449 g/mol. The van der Waals surface area contributed by atoms with Gasteiger partial charge in [0.2, 0.25) is 5.91 Å². The second-order valence-corrected chi connectivity index (χ2v) is 8.81. The Morgan fingerprint density at radius 3 is 2.55 bits per heavy atom. The zero-order valence-corrected chi connectivity index (χ0v) is 19.7. The van der Waals surface area contributed by atoms with E-state index in [9.17, 15) is 9.59 Å². The second kappa shape index (κ2) is 10.2. The Bertz CT molecular complexity index is 1050. The molecule has 2 heterocycles. The van der Waals surface area contributed by atoms with Gasteiger partial charge in [0.05, 0.1) is 12.8 Å². The highest BCUT2D eigenvalue weighted by atomic mass is 16.5. The minimum atomic E-state index is -0.0678. The Morgan fingerprint density at radius 2 is 1.79 bits per heavy atom. The van der Waals surface area contributed by atoms with E-state index in [1.54, 1.807) is 7.11 Å². The van der Waals surface area contributed by atoms with Crippen LogP contribution >= 0.6 is 0 Å². The molecule has 2 aromatic rings. The van der Waals surface area contributed by atoms with Gasteiger partial charge in [-0.3, -0.25) is 14.5 Å². The maximum atomic E-state index is 13.3. The van der Waals surface area contributed by atoms with Crippen molar-refractivity contribution in [3.63, 3.8) is 0 Å². The Hall–Kier alpha value is -3.19. The van der Waals surface area contributed by atoms with Crippen LogP contribution in [0.15, 0.2) is 47.6 Å². The highest BCUT2D eigenvalue weighted by Crippen LogP contribution is 2.26. The fourth-order valence-corrected chi connectivity index (χ4v) is 4.35. The molecule has 2 aliphatic rings. The summed E-state index contributed by atoms with van der Waals surface area (Å²) in [5.41, 5.74) is 4.48. The summed E-state index contributed by atoms with van der Waals surface area (Å²) in [4.78, 5) is 30.2. The summed E-state index contributed by atoms with van der Waals surface area (Å²) in [6, 6.07) is 14.1. The van der Waals surface area contributed by atoms with Gasteiger partial charge in [0.15, 0.2) is 0 Å². The number of aryl methyl sites for hydroxylation is 2. The summed E-state index contributed by atoms with van der Waals surface area (Å²) in [5.74, 6) is 0.735. The lowest BCUT2D eigenvalue weighted by molar-refractivity contribution is -0.124. The van der Waals surface area contributed by atoms with Crippen LogP contribution in [0.2, 0.25) is 0 Å². The molecule has 0 aliphatic carbocycles. The van der Waals surface area contributed by atoms with E-state index in [4.69, 9.17) is 4.74 Å². The molecule has 7 heteroatoms. The molecule has 7 nitrogen and oxygen atoms in total. The van der Waals surface area contributed by atoms with Crippen LogP contribution in [0, 0.1) is 13.8 Å². The van der Waals surface area contributed by atoms with Gasteiger partial charge in [-0.25, -0.2) is 5.01 Å². The quantitative estimate of drug-likeness (QED) is 0.702. The second-order valence-electron chi connectivity index (χ2n) is 8.81.